The van der Waals surface area contributed by atoms with Crippen molar-refractivity contribution in [2.75, 3.05) is 5.32 Å². The standard InChI is InChI=1S/C12H10BrFN2O/c13-9-3-8(5-15-7-9)6-16-10-1-2-12(17)11(14)4-10/h1-5,7,16-17H,6H2. The molecule has 0 saturated carbocycles. The second-order valence-corrected chi connectivity index (χ2v) is 4.45. The number of nitrogens with zero attached hydrogens (tertiary/aromatic N) is 1. The van der Waals surface area contributed by atoms with Crippen LogP contribution >= 0.6 is 15.9 Å². The maximum absolute atomic E-state index is 13.1. The predicted molar refractivity (Wildman–Crippen MR) is 67.3 cm³/mol. The lowest BCUT2D eigenvalue weighted by Crippen LogP contribution is -2.00. The molecule has 0 unspecified atom stereocenters. The fraction of sp³-hybridized carbons (Fsp3) is 0.0833. The number of hydrogen-bond donors (Lipinski definition) is 2. The molecular formula is C12H10BrFN2O. The van der Waals surface area contributed by atoms with Gasteiger partial charge < -0.3 is 10.4 Å². The number of hydrogen-bond acceptors (Lipinski definition) is 3. The summed E-state index contributed by atoms with van der Waals surface area (Å²) in [5.74, 6) is -0.984. The van der Waals surface area contributed by atoms with Gasteiger partial charge in [-0.3, -0.25) is 4.98 Å². The zero-order chi connectivity index (χ0) is 12.3. The van der Waals surface area contributed by atoms with Gasteiger partial charge in [0.1, 0.15) is 0 Å². The van der Waals surface area contributed by atoms with Crippen LogP contribution in [-0.4, -0.2) is 10.1 Å². The molecule has 5 heteroatoms. The van der Waals surface area contributed by atoms with Crippen molar-refractivity contribution in [3.8, 4) is 5.75 Å². The Hall–Kier alpha value is -1.62. The van der Waals surface area contributed by atoms with Gasteiger partial charge in [0, 0.05) is 35.2 Å². The molecule has 2 rings (SSSR count). The smallest absolute Gasteiger partial charge is 0.166 e. The summed E-state index contributed by atoms with van der Waals surface area (Å²) in [4.78, 5) is 4.03. The fourth-order valence-corrected chi connectivity index (χ4v) is 1.79. The molecule has 2 N–H and O–H groups in total. The van der Waals surface area contributed by atoms with Crippen LogP contribution in [0.2, 0.25) is 0 Å². The van der Waals surface area contributed by atoms with Crippen molar-refractivity contribution >= 4 is 21.6 Å². The van der Waals surface area contributed by atoms with Gasteiger partial charge in [-0.05, 0) is 39.7 Å². The summed E-state index contributed by atoms with van der Waals surface area (Å²) in [6.07, 6.45) is 3.43. The van der Waals surface area contributed by atoms with Crippen molar-refractivity contribution in [3.05, 3.63) is 52.5 Å². The third kappa shape index (κ3) is 3.17. The summed E-state index contributed by atoms with van der Waals surface area (Å²) in [5.41, 5.74) is 1.59. The lowest BCUT2D eigenvalue weighted by molar-refractivity contribution is 0.432. The van der Waals surface area contributed by atoms with E-state index >= 15 is 0 Å². The summed E-state index contributed by atoms with van der Waals surface area (Å²) < 4.78 is 14.0. The molecule has 0 amide bonds. The van der Waals surface area contributed by atoms with E-state index in [4.69, 9.17) is 5.11 Å². The van der Waals surface area contributed by atoms with Crippen LogP contribution in [0.5, 0.6) is 5.75 Å². The van der Waals surface area contributed by atoms with Gasteiger partial charge in [0.2, 0.25) is 0 Å². The van der Waals surface area contributed by atoms with Crippen LogP contribution in [-0.2, 0) is 6.54 Å². The first kappa shape index (κ1) is 11.9. The highest BCUT2D eigenvalue weighted by Gasteiger charge is 2.01. The monoisotopic (exact) mass is 296 g/mol. The predicted octanol–water partition coefficient (Wildman–Crippen LogP) is 3.30. The Morgan fingerprint density at radius 1 is 1.29 bits per heavy atom. The number of phenols is 1. The van der Waals surface area contributed by atoms with Crippen molar-refractivity contribution in [2.24, 2.45) is 0 Å². The maximum atomic E-state index is 13.1. The number of aromatic hydroxyl groups is 1. The molecule has 0 fully saturated rings. The van der Waals surface area contributed by atoms with Crippen molar-refractivity contribution in [1.29, 1.82) is 0 Å². The van der Waals surface area contributed by atoms with Gasteiger partial charge in [0.15, 0.2) is 11.6 Å². The number of halogens is 2. The number of rotatable bonds is 3. The minimum Gasteiger partial charge on any atom is -0.505 e. The molecule has 0 spiro atoms. The lowest BCUT2D eigenvalue weighted by atomic mass is 10.2. The minimum absolute atomic E-state index is 0.348. The van der Waals surface area contributed by atoms with Crippen molar-refractivity contribution in [2.45, 2.75) is 6.54 Å². The third-order valence-electron chi connectivity index (χ3n) is 2.21. The molecule has 88 valence electrons. The molecule has 0 atom stereocenters. The lowest BCUT2D eigenvalue weighted by Gasteiger charge is -2.07. The average Bonchev–Trinajstić information content (AvgIpc) is 2.31. The highest BCUT2D eigenvalue weighted by Crippen LogP contribution is 2.20. The Morgan fingerprint density at radius 2 is 2.12 bits per heavy atom. The SMILES string of the molecule is Oc1ccc(NCc2cncc(Br)c2)cc1F. The van der Waals surface area contributed by atoms with E-state index in [-0.39, 0.29) is 5.75 Å². The van der Waals surface area contributed by atoms with Gasteiger partial charge in [-0.25, -0.2) is 4.39 Å². The number of nitrogens with one attached hydrogen (secondary N) is 1. The summed E-state index contributed by atoms with van der Waals surface area (Å²) in [7, 11) is 0. The first-order chi connectivity index (χ1) is 8.15. The fourth-order valence-electron chi connectivity index (χ4n) is 1.37. The molecule has 1 heterocycles. The van der Waals surface area contributed by atoms with Crippen molar-refractivity contribution in [3.63, 3.8) is 0 Å². The largest absolute Gasteiger partial charge is 0.505 e. The van der Waals surface area contributed by atoms with Crippen molar-refractivity contribution < 1.29 is 9.50 Å². The van der Waals surface area contributed by atoms with Gasteiger partial charge >= 0.3 is 0 Å². The van der Waals surface area contributed by atoms with Crippen molar-refractivity contribution in [1.82, 2.24) is 4.98 Å². The molecule has 1 aromatic heterocycles. The second kappa shape index (κ2) is 5.14. The van der Waals surface area contributed by atoms with E-state index in [2.05, 4.69) is 26.2 Å². The highest BCUT2D eigenvalue weighted by molar-refractivity contribution is 9.10. The number of aromatic nitrogens is 1. The summed E-state index contributed by atoms with van der Waals surface area (Å²) in [6, 6.07) is 6.11. The van der Waals surface area contributed by atoms with Crippen LogP contribution in [0, 0.1) is 5.82 Å². The quantitative estimate of drug-likeness (QED) is 0.854. The molecule has 0 bridgehead atoms. The Morgan fingerprint density at radius 3 is 2.82 bits per heavy atom. The number of phenolic OH excluding ortho intramolecular Hbond substituents is 1. The Kier molecular flexibility index (Phi) is 3.58. The van der Waals surface area contributed by atoms with Crippen LogP contribution < -0.4 is 5.32 Å². The topological polar surface area (TPSA) is 45.1 Å². The van der Waals surface area contributed by atoms with Crippen LogP contribution in [0.15, 0.2) is 41.1 Å². The van der Waals surface area contributed by atoms with Crippen LogP contribution in [0.1, 0.15) is 5.56 Å². The van der Waals surface area contributed by atoms with Crippen LogP contribution in [0.3, 0.4) is 0 Å². The molecule has 0 radical (unpaired) electrons. The van der Waals surface area contributed by atoms with E-state index in [0.29, 0.717) is 12.2 Å². The molecule has 0 aliphatic rings. The molecule has 0 aliphatic carbocycles. The van der Waals surface area contributed by atoms with Gasteiger partial charge in [-0.1, -0.05) is 0 Å². The maximum Gasteiger partial charge on any atom is 0.166 e. The first-order valence-corrected chi connectivity index (χ1v) is 5.76. The number of benzene rings is 1. The van der Waals surface area contributed by atoms with E-state index in [1.54, 1.807) is 18.5 Å². The molecule has 2 aromatic rings. The van der Waals surface area contributed by atoms with Crippen LogP contribution in [0.25, 0.3) is 0 Å². The van der Waals surface area contributed by atoms with E-state index in [1.807, 2.05) is 6.07 Å². The van der Waals surface area contributed by atoms with E-state index < -0.39 is 5.82 Å². The summed E-state index contributed by atoms with van der Waals surface area (Å²) in [6.45, 7) is 0.538. The Labute approximate surface area is 106 Å². The van der Waals surface area contributed by atoms with E-state index in [9.17, 15) is 4.39 Å². The highest BCUT2D eigenvalue weighted by atomic mass is 79.9. The zero-order valence-electron chi connectivity index (χ0n) is 8.82. The van der Waals surface area contributed by atoms with Gasteiger partial charge in [0.05, 0.1) is 0 Å². The van der Waals surface area contributed by atoms with E-state index in [0.717, 1.165) is 10.0 Å². The van der Waals surface area contributed by atoms with Gasteiger partial charge in [-0.2, -0.15) is 0 Å². The molecule has 3 nitrogen and oxygen atoms in total. The molecule has 1 aromatic carbocycles. The first-order valence-electron chi connectivity index (χ1n) is 4.97. The normalized spacial score (nSPS) is 10.2. The second-order valence-electron chi connectivity index (χ2n) is 3.53. The molecule has 0 aliphatic heterocycles. The van der Waals surface area contributed by atoms with Gasteiger partial charge in [-0.15, -0.1) is 0 Å². The van der Waals surface area contributed by atoms with Gasteiger partial charge in [0.25, 0.3) is 0 Å². The number of pyridine rings is 1. The van der Waals surface area contributed by atoms with E-state index in [1.165, 1.54) is 12.1 Å². The Balaban J connectivity index is 2.05. The average molecular weight is 297 g/mol. The summed E-state index contributed by atoms with van der Waals surface area (Å²) >= 11 is 3.33. The molecule has 17 heavy (non-hydrogen) atoms. The summed E-state index contributed by atoms with van der Waals surface area (Å²) in [5, 5.41) is 12.1. The molecule has 0 saturated heterocycles. The zero-order valence-corrected chi connectivity index (χ0v) is 10.4. The molecular weight excluding hydrogens is 287 g/mol. The van der Waals surface area contributed by atoms with Crippen LogP contribution in [0.4, 0.5) is 10.1 Å². The minimum atomic E-state index is -0.637. The third-order valence-corrected chi connectivity index (χ3v) is 2.64. The Bertz CT molecular complexity index is 534. The number of anilines is 1.